The van der Waals surface area contributed by atoms with Crippen LogP contribution in [0.5, 0.6) is 0 Å². The highest BCUT2D eigenvalue weighted by atomic mass is 35.5. The molecule has 1 N–H and O–H groups in total. The highest BCUT2D eigenvalue weighted by molar-refractivity contribution is 6.42. The minimum absolute atomic E-state index is 0.0430. The minimum Gasteiger partial charge on any atom is -0.342 e. The lowest BCUT2D eigenvalue weighted by atomic mass is 9.95. The summed E-state index contributed by atoms with van der Waals surface area (Å²) in [6, 6.07) is 14.7. The van der Waals surface area contributed by atoms with E-state index in [4.69, 9.17) is 23.2 Å². The molecule has 0 atom stereocenters. The largest absolute Gasteiger partial charge is 0.342 e. The van der Waals surface area contributed by atoms with Crippen LogP contribution in [-0.4, -0.2) is 29.8 Å². The van der Waals surface area contributed by atoms with Crippen LogP contribution in [0.15, 0.2) is 48.5 Å². The number of rotatable bonds is 4. The van der Waals surface area contributed by atoms with Gasteiger partial charge >= 0.3 is 0 Å². The Morgan fingerprint density at radius 2 is 1.69 bits per heavy atom. The Balaban J connectivity index is 1.50. The highest BCUT2D eigenvalue weighted by Gasteiger charge is 2.27. The summed E-state index contributed by atoms with van der Waals surface area (Å²) in [6.45, 7) is 1.20. The second-order valence-corrected chi connectivity index (χ2v) is 7.25. The van der Waals surface area contributed by atoms with E-state index in [9.17, 15) is 9.59 Å². The molecule has 136 valence electrons. The van der Waals surface area contributed by atoms with Crippen LogP contribution in [-0.2, 0) is 16.0 Å². The first-order valence-electron chi connectivity index (χ1n) is 8.60. The van der Waals surface area contributed by atoms with Crippen LogP contribution in [0, 0.1) is 5.92 Å². The van der Waals surface area contributed by atoms with Crippen LogP contribution in [0.1, 0.15) is 18.4 Å². The molecular weight excluding hydrogens is 371 g/mol. The van der Waals surface area contributed by atoms with E-state index in [1.807, 2.05) is 35.2 Å². The highest BCUT2D eigenvalue weighted by Crippen LogP contribution is 2.26. The molecule has 1 aliphatic rings. The van der Waals surface area contributed by atoms with E-state index in [0.29, 0.717) is 48.1 Å². The molecule has 1 heterocycles. The molecule has 6 heteroatoms. The zero-order chi connectivity index (χ0) is 18.5. The van der Waals surface area contributed by atoms with Crippen LogP contribution in [0.2, 0.25) is 10.0 Å². The molecule has 1 fully saturated rings. The molecule has 3 rings (SSSR count). The molecule has 0 saturated carbocycles. The summed E-state index contributed by atoms with van der Waals surface area (Å²) in [6.07, 6.45) is 1.72. The Labute approximate surface area is 163 Å². The zero-order valence-corrected chi connectivity index (χ0v) is 15.8. The third-order valence-electron chi connectivity index (χ3n) is 4.60. The number of nitrogens with one attached hydrogen (secondary N) is 1. The maximum absolute atomic E-state index is 12.4. The van der Waals surface area contributed by atoms with Gasteiger partial charge in [-0.15, -0.1) is 0 Å². The monoisotopic (exact) mass is 390 g/mol. The van der Waals surface area contributed by atoms with Crippen LogP contribution in [0.25, 0.3) is 0 Å². The fourth-order valence-corrected chi connectivity index (χ4v) is 3.39. The number of halogens is 2. The molecule has 0 bridgehead atoms. The average molecular weight is 391 g/mol. The van der Waals surface area contributed by atoms with Gasteiger partial charge in [0.1, 0.15) is 0 Å². The fraction of sp³-hybridized carbons (Fsp3) is 0.300. The summed E-state index contributed by atoms with van der Waals surface area (Å²) in [7, 11) is 0. The number of hydrogen-bond donors (Lipinski definition) is 1. The summed E-state index contributed by atoms with van der Waals surface area (Å²) >= 11 is 11.9. The molecule has 2 aromatic carbocycles. The van der Waals surface area contributed by atoms with E-state index in [1.165, 1.54) is 0 Å². The van der Waals surface area contributed by atoms with Crippen LogP contribution in [0.3, 0.4) is 0 Å². The molecule has 0 unspecified atom stereocenters. The molecule has 26 heavy (non-hydrogen) atoms. The van der Waals surface area contributed by atoms with E-state index in [2.05, 4.69) is 5.32 Å². The maximum Gasteiger partial charge on any atom is 0.227 e. The molecule has 1 aliphatic heterocycles. The molecule has 0 aromatic heterocycles. The number of anilines is 1. The quantitative estimate of drug-likeness (QED) is 0.839. The third kappa shape index (κ3) is 4.77. The first kappa shape index (κ1) is 18.7. The number of hydrogen-bond acceptors (Lipinski definition) is 2. The van der Waals surface area contributed by atoms with Crippen molar-refractivity contribution < 1.29 is 9.59 Å². The summed E-state index contributed by atoms with van der Waals surface area (Å²) in [5.41, 5.74) is 1.64. The standard InChI is InChI=1S/C20H20Cl2N2O2/c21-17-7-6-16(13-18(17)22)23-20(26)15-8-10-24(11-9-15)19(25)12-14-4-2-1-3-5-14/h1-7,13,15H,8-12H2,(H,23,26). The van der Waals surface area contributed by atoms with E-state index in [-0.39, 0.29) is 17.7 Å². The Kier molecular flexibility index (Phi) is 6.17. The molecule has 1 saturated heterocycles. The third-order valence-corrected chi connectivity index (χ3v) is 5.34. The number of nitrogens with zero attached hydrogens (tertiary/aromatic N) is 1. The number of amides is 2. The van der Waals surface area contributed by atoms with Crippen molar-refractivity contribution in [2.75, 3.05) is 18.4 Å². The van der Waals surface area contributed by atoms with Crippen molar-refractivity contribution in [2.24, 2.45) is 5.92 Å². The van der Waals surface area contributed by atoms with Gasteiger partial charge in [0, 0.05) is 24.7 Å². The SMILES string of the molecule is O=C(Nc1ccc(Cl)c(Cl)c1)C1CCN(C(=O)Cc2ccccc2)CC1. The molecule has 0 radical (unpaired) electrons. The number of likely N-dealkylation sites (tertiary alicyclic amines) is 1. The number of carbonyl (C=O) groups is 2. The Bertz CT molecular complexity index is 788. The van der Waals surface area contributed by atoms with Crippen LogP contribution in [0.4, 0.5) is 5.69 Å². The Morgan fingerprint density at radius 1 is 1.00 bits per heavy atom. The topological polar surface area (TPSA) is 49.4 Å². The van der Waals surface area contributed by atoms with Gasteiger partial charge in [0.25, 0.3) is 0 Å². The second-order valence-electron chi connectivity index (χ2n) is 6.44. The van der Waals surface area contributed by atoms with Gasteiger partial charge in [-0.25, -0.2) is 0 Å². The summed E-state index contributed by atoms with van der Waals surface area (Å²) in [5.74, 6) is -0.0386. The predicted octanol–water partition coefficient (Wildman–Crippen LogP) is 4.41. The van der Waals surface area contributed by atoms with E-state index < -0.39 is 0 Å². The van der Waals surface area contributed by atoms with Gasteiger partial charge < -0.3 is 10.2 Å². The number of benzene rings is 2. The van der Waals surface area contributed by atoms with Crippen molar-refractivity contribution in [3.63, 3.8) is 0 Å². The first-order chi connectivity index (χ1) is 12.5. The lowest BCUT2D eigenvalue weighted by Gasteiger charge is -2.31. The van der Waals surface area contributed by atoms with Crippen LogP contribution >= 0.6 is 23.2 Å². The summed E-state index contributed by atoms with van der Waals surface area (Å²) < 4.78 is 0. The lowest BCUT2D eigenvalue weighted by Crippen LogP contribution is -2.42. The second kappa shape index (κ2) is 8.56. The smallest absolute Gasteiger partial charge is 0.227 e. The van der Waals surface area contributed by atoms with Crippen molar-refractivity contribution in [1.29, 1.82) is 0 Å². The lowest BCUT2D eigenvalue weighted by molar-refractivity contribution is -0.133. The first-order valence-corrected chi connectivity index (χ1v) is 9.36. The van der Waals surface area contributed by atoms with E-state index in [1.54, 1.807) is 18.2 Å². The summed E-state index contributed by atoms with van der Waals surface area (Å²) in [4.78, 5) is 26.7. The van der Waals surface area contributed by atoms with Crippen molar-refractivity contribution in [3.8, 4) is 0 Å². The molecule has 2 amide bonds. The van der Waals surface area contributed by atoms with E-state index >= 15 is 0 Å². The Hall–Kier alpha value is -2.04. The predicted molar refractivity (Wildman–Crippen MR) is 105 cm³/mol. The van der Waals surface area contributed by atoms with Crippen molar-refractivity contribution >= 4 is 40.7 Å². The minimum atomic E-state index is -0.106. The molecule has 0 spiro atoms. The molecular formula is C20H20Cl2N2O2. The van der Waals surface area contributed by atoms with Crippen molar-refractivity contribution in [1.82, 2.24) is 4.90 Å². The molecule has 0 aliphatic carbocycles. The maximum atomic E-state index is 12.4. The molecule has 2 aromatic rings. The number of carbonyl (C=O) groups excluding carboxylic acids is 2. The van der Waals surface area contributed by atoms with E-state index in [0.717, 1.165) is 5.56 Å². The normalized spacial score (nSPS) is 14.9. The average Bonchev–Trinajstić information content (AvgIpc) is 2.65. The van der Waals surface area contributed by atoms with Gasteiger partial charge in [0.15, 0.2) is 0 Å². The van der Waals surface area contributed by atoms with Gasteiger partial charge in [-0.3, -0.25) is 9.59 Å². The summed E-state index contributed by atoms with van der Waals surface area (Å²) in [5, 5.41) is 3.74. The van der Waals surface area contributed by atoms with Crippen molar-refractivity contribution in [3.05, 3.63) is 64.1 Å². The van der Waals surface area contributed by atoms with Gasteiger partial charge in [0.05, 0.1) is 16.5 Å². The van der Waals surface area contributed by atoms with Crippen molar-refractivity contribution in [2.45, 2.75) is 19.3 Å². The van der Waals surface area contributed by atoms with Gasteiger partial charge in [-0.1, -0.05) is 53.5 Å². The fourth-order valence-electron chi connectivity index (χ4n) is 3.09. The van der Waals surface area contributed by atoms with Gasteiger partial charge in [-0.2, -0.15) is 0 Å². The zero-order valence-electron chi connectivity index (χ0n) is 14.3. The van der Waals surface area contributed by atoms with Gasteiger partial charge in [-0.05, 0) is 36.6 Å². The number of piperidine rings is 1. The van der Waals surface area contributed by atoms with Crippen LogP contribution < -0.4 is 5.32 Å². The molecule has 4 nitrogen and oxygen atoms in total. The Morgan fingerprint density at radius 3 is 2.35 bits per heavy atom. The van der Waals surface area contributed by atoms with Gasteiger partial charge in [0.2, 0.25) is 11.8 Å².